The van der Waals surface area contributed by atoms with Crippen LogP contribution < -0.4 is 10.1 Å². The summed E-state index contributed by atoms with van der Waals surface area (Å²) in [4.78, 5) is 28.3. The van der Waals surface area contributed by atoms with Crippen molar-refractivity contribution in [1.29, 1.82) is 0 Å². The number of nitrogens with zero attached hydrogens (tertiary/aromatic N) is 1. The highest BCUT2D eigenvalue weighted by molar-refractivity contribution is 6.01. The number of amides is 1. The maximum atomic E-state index is 12.3. The molecule has 0 aliphatic carbocycles. The van der Waals surface area contributed by atoms with Gasteiger partial charge in [-0.05, 0) is 43.7 Å². The minimum atomic E-state index is -0.233. The Morgan fingerprint density at radius 3 is 2.52 bits per heavy atom. The zero-order valence-electron chi connectivity index (χ0n) is 13.6. The van der Waals surface area contributed by atoms with Crippen LogP contribution >= 0.6 is 0 Å². The van der Waals surface area contributed by atoms with Crippen LogP contribution in [0.1, 0.15) is 34.3 Å². The molecule has 0 unspecified atom stereocenters. The largest absolute Gasteiger partial charge is 0.496 e. The molecule has 23 heavy (non-hydrogen) atoms. The first-order valence-corrected chi connectivity index (χ1v) is 7.40. The minimum absolute atomic E-state index is 0.103. The van der Waals surface area contributed by atoms with Gasteiger partial charge in [0.25, 0.3) is 0 Å². The van der Waals surface area contributed by atoms with E-state index in [4.69, 9.17) is 4.74 Å². The maximum Gasteiger partial charge on any atom is 0.225 e. The molecular weight excluding hydrogens is 292 g/mol. The van der Waals surface area contributed by atoms with Gasteiger partial charge in [0.15, 0.2) is 5.78 Å². The first kappa shape index (κ1) is 16.7. The van der Waals surface area contributed by atoms with Crippen molar-refractivity contribution in [2.45, 2.75) is 26.7 Å². The van der Waals surface area contributed by atoms with E-state index in [0.717, 1.165) is 11.1 Å². The van der Waals surface area contributed by atoms with E-state index in [9.17, 15) is 9.59 Å². The standard InChI is InChI=1S/C18H20N2O3/c1-12-4-6-16(23-3)14(10-12)15(21)5-7-18(22)20-17-11-13(2)8-9-19-17/h4,6,8-11H,5,7H2,1-3H3,(H,19,20,22). The number of Topliss-reactive ketones (excluding diaryl/α,β-unsaturated/α-hetero) is 1. The molecule has 0 aliphatic heterocycles. The van der Waals surface area contributed by atoms with Crippen LogP contribution in [0.3, 0.4) is 0 Å². The zero-order valence-corrected chi connectivity index (χ0v) is 13.6. The van der Waals surface area contributed by atoms with E-state index in [1.54, 1.807) is 24.4 Å². The number of anilines is 1. The Kier molecular flexibility index (Phi) is 5.46. The molecule has 0 radical (unpaired) electrons. The van der Waals surface area contributed by atoms with Gasteiger partial charge in [0.05, 0.1) is 12.7 Å². The van der Waals surface area contributed by atoms with E-state index in [1.165, 1.54) is 7.11 Å². The van der Waals surface area contributed by atoms with Gasteiger partial charge in [-0.2, -0.15) is 0 Å². The second kappa shape index (κ2) is 7.54. The predicted octanol–water partition coefficient (Wildman–Crippen LogP) is 3.31. The molecule has 1 aromatic carbocycles. The predicted molar refractivity (Wildman–Crippen MR) is 88.9 cm³/mol. The number of aromatic nitrogens is 1. The van der Waals surface area contributed by atoms with Crippen LogP contribution in [-0.4, -0.2) is 23.8 Å². The maximum absolute atomic E-state index is 12.3. The Balaban J connectivity index is 1.96. The average molecular weight is 312 g/mol. The molecule has 0 atom stereocenters. The highest BCUT2D eigenvalue weighted by atomic mass is 16.5. The third-order valence-corrected chi connectivity index (χ3v) is 3.42. The smallest absolute Gasteiger partial charge is 0.225 e. The summed E-state index contributed by atoms with van der Waals surface area (Å²) in [6, 6.07) is 9.05. The van der Waals surface area contributed by atoms with Gasteiger partial charge >= 0.3 is 0 Å². The van der Waals surface area contributed by atoms with Gasteiger partial charge in [-0.15, -0.1) is 0 Å². The number of rotatable bonds is 6. The van der Waals surface area contributed by atoms with Crippen LogP contribution in [0, 0.1) is 13.8 Å². The molecule has 0 fully saturated rings. The highest BCUT2D eigenvalue weighted by Gasteiger charge is 2.14. The Labute approximate surface area is 135 Å². The number of methoxy groups -OCH3 is 1. The fourth-order valence-electron chi connectivity index (χ4n) is 2.21. The molecule has 1 heterocycles. The Morgan fingerprint density at radius 2 is 1.83 bits per heavy atom. The molecule has 2 aromatic rings. The number of carbonyl (C=O) groups is 2. The number of ketones is 1. The zero-order chi connectivity index (χ0) is 16.8. The third kappa shape index (κ3) is 4.64. The van der Waals surface area contributed by atoms with E-state index in [2.05, 4.69) is 10.3 Å². The van der Waals surface area contributed by atoms with Crippen molar-refractivity contribution in [2.24, 2.45) is 0 Å². The molecule has 0 saturated carbocycles. The molecule has 0 spiro atoms. The van der Waals surface area contributed by atoms with Crippen molar-refractivity contribution >= 4 is 17.5 Å². The second-order valence-corrected chi connectivity index (χ2v) is 5.39. The van der Waals surface area contributed by atoms with E-state index in [1.807, 2.05) is 26.0 Å². The second-order valence-electron chi connectivity index (χ2n) is 5.39. The summed E-state index contributed by atoms with van der Waals surface area (Å²) in [6.07, 6.45) is 1.86. The minimum Gasteiger partial charge on any atom is -0.496 e. The summed E-state index contributed by atoms with van der Waals surface area (Å²) in [7, 11) is 1.53. The summed E-state index contributed by atoms with van der Waals surface area (Å²) >= 11 is 0. The van der Waals surface area contributed by atoms with Crippen molar-refractivity contribution < 1.29 is 14.3 Å². The first-order chi connectivity index (χ1) is 11.0. The highest BCUT2D eigenvalue weighted by Crippen LogP contribution is 2.21. The molecule has 0 saturated heterocycles. The number of hydrogen-bond acceptors (Lipinski definition) is 4. The molecule has 5 nitrogen and oxygen atoms in total. The van der Waals surface area contributed by atoms with Crippen LogP contribution in [0.4, 0.5) is 5.82 Å². The van der Waals surface area contributed by atoms with Crippen LogP contribution in [0.5, 0.6) is 5.75 Å². The number of benzene rings is 1. The first-order valence-electron chi connectivity index (χ1n) is 7.40. The van der Waals surface area contributed by atoms with Gasteiger partial charge in [0.1, 0.15) is 11.6 Å². The van der Waals surface area contributed by atoms with Crippen LogP contribution in [0.2, 0.25) is 0 Å². The van der Waals surface area contributed by atoms with Gasteiger partial charge in [0, 0.05) is 19.0 Å². The van der Waals surface area contributed by atoms with E-state index in [0.29, 0.717) is 17.1 Å². The molecule has 0 bridgehead atoms. The fraction of sp³-hybridized carbons (Fsp3) is 0.278. The van der Waals surface area contributed by atoms with Crippen LogP contribution in [0.15, 0.2) is 36.5 Å². The lowest BCUT2D eigenvalue weighted by atomic mass is 10.0. The van der Waals surface area contributed by atoms with Crippen LogP contribution in [-0.2, 0) is 4.79 Å². The molecule has 120 valence electrons. The molecule has 0 aliphatic rings. The van der Waals surface area contributed by atoms with Crippen molar-refractivity contribution in [1.82, 2.24) is 4.98 Å². The lowest BCUT2D eigenvalue weighted by Gasteiger charge is -2.09. The third-order valence-electron chi connectivity index (χ3n) is 3.42. The number of ether oxygens (including phenoxy) is 1. The number of carbonyl (C=O) groups excluding carboxylic acids is 2. The van der Waals surface area contributed by atoms with E-state index in [-0.39, 0.29) is 24.5 Å². The Hall–Kier alpha value is -2.69. The topological polar surface area (TPSA) is 68.3 Å². The number of nitrogens with one attached hydrogen (secondary N) is 1. The Bertz CT molecular complexity index is 726. The molecular formula is C18H20N2O3. The van der Waals surface area contributed by atoms with Gasteiger partial charge < -0.3 is 10.1 Å². The average Bonchev–Trinajstić information content (AvgIpc) is 2.52. The van der Waals surface area contributed by atoms with Crippen molar-refractivity contribution in [3.8, 4) is 5.75 Å². The fourth-order valence-corrected chi connectivity index (χ4v) is 2.21. The summed E-state index contributed by atoms with van der Waals surface area (Å²) in [6.45, 7) is 3.83. The van der Waals surface area contributed by atoms with Gasteiger partial charge in [-0.25, -0.2) is 4.98 Å². The van der Waals surface area contributed by atoms with Gasteiger partial charge in [-0.1, -0.05) is 11.6 Å². The summed E-state index contributed by atoms with van der Waals surface area (Å²) < 4.78 is 5.21. The molecule has 1 aromatic heterocycles. The van der Waals surface area contributed by atoms with Crippen molar-refractivity contribution in [3.05, 3.63) is 53.2 Å². The normalized spacial score (nSPS) is 10.2. The summed E-state index contributed by atoms with van der Waals surface area (Å²) in [5.74, 6) is 0.679. The Morgan fingerprint density at radius 1 is 1.09 bits per heavy atom. The molecule has 2 rings (SSSR count). The molecule has 1 amide bonds. The monoisotopic (exact) mass is 312 g/mol. The summed E-state index contributed by atoms with van der Waals surface area (Å²) in [5, 5.41) is 2.70. The quantitative estimate of drug-likeness (QED) is 0.831. The SMILES string of the molecule is COc1ccc(C)cc1C(=O)CCC(=O)Nc1cc(C)ccn1. The van der Waals surface area contributed by atoms with Crippen molar-refractivity contribution in [3.63, 3.8) is 0 Å². The summed E-state index contributed by atoms with van der Waals surface area (Å²) in [5.41, 5.74) is 2.49. The van der Waals surface area contributed by atoms with Crippen molar-refractivity contribution in [2.75, 3.05) is 12.4 Å². The lowest BCUT2D eigenvalue weighted by molar-refractivity contribution is -0.116. The number of hydrogen-bond donors (Lipinski definition) is 1. The van der Waals surface area contributed by atoms with Gasteiger partial charge in [0.2, 0.25) is 5.91 Å². The molecule has 1 N–H and O–H groups in total. The molecule has 5 heteroatoms. The lowest BCUT2D eigenvalue weighted by Crippen LogP contribution is -2.14. The van der Waals surface area contributed by atoms with Gasteiger partial charge in [-0.3, -0.25) is 9.59 Å². The van der Waals surface area contributed by atoms with Crippen LogP contribution in [0.25, 0.3) is 0 Å². The number of pyridine rings is 1. The van der Waals surface area contributed by atoms with E-state index >= 15 is 0 Å². The van der Waals surface area contributed by atoms with E-state index < -0.39 is 0 Å². The number of aryl methyl sites for hydroxylation is 2.